The Balaban J connectivity index is 2.05. The lowest BCUT2D eigenvalue weighted by Gasteiger charge is -2.15. The van der Waals surface area contributed by atoms with Crippen LogP contribution in [0.5, 0.6) is 0 Å². The van der Waals surface area contributed by atoms with E-state index in [9.17, 15) is 4.39 Å². The molecule has 1 atom stereocenters. The van der Waals surface area contributed by atoms with Gasteiger partial charge in [-0.05, 0) is 31.2 Å². The molecule has 2 nitrogen and oxygen atoms in total. The molecule has 0 fully saturated rings. The summed E-state index contributed by atoms with van der Waals surface area (Å²) in [6.45, 7) is 1.95. The summed E-state index contributed by atoms with van der Waals surface area (Å²) in [5.74, 6) is 0.515. The van der Waals surface area contributed by atoms with Crippen molar-refractivity contribution in [2.45, 2.75) is 19.4 Å². The van der Waals surface area contributed by atoms with Crippen LogP contribution in [0, 0.1) is 5.82 Å². The molecule has 0 saturated carbocycles. The molecule has 0 aliphatic rings. The van der Waals surface area contributed by atoms with Crippen LogP contribution in [0.25, 0.3) is 0 Å². The minimum absolute atomic E-state index is 0.0375. The second kappa shape index (κ2) is 5.23. The van der Waals surface area contributed by atoms with Crippen LogP contribution in [-0.2, 0) is 6.42 Å². The van der Waals surface area contributed by atoms with E-state index in [1.807, 2.05) is 19.1 Å². The van der Waals surface area contributed by atoms with Gasteiger partial charge in [-0.3, -0.25) is 0 Å². The number of furan rings is 1. The summed E-state index contributed by atoms with van der Waals surface area (Å²) >= 11 is 5.93. The van der Waals surface area contributed by atoms with Gasteiger partial charge in [-0.1, -0.05) is 17.7 Å². The first-order chi connectivity index (χ1) is 8.16. The van der Waals surface area contributed by atoms with Crippen molar-refractivity contribution in [2.24, 2.45) is 0 Å². The van der Waals surface area contributed by atoms with Gasteiger partial charge in [0.05, 0.1) is 17.0 Å². The smallest absolute Gasteiger partial charge is 0.147 e. The summed E-state index contributed by atoms with van der Waals surface area (Å²) in [5, 5.41) is 3.44. The predicted octanol–water partition coefficient (Wildman–Crippen LogP) is 4.12. The first kappa shape index (κ1) is 12.0. The highest BCUT2D eigenvalue weighted by Crippen LogP contribution is 2.25. The minimum Gasteiger partial charge on any atom is -0.469 e. The number of anilines is 1. The summed E-state index contributed by atoms with van der Waals surface area (Å²) < 4.78 is 18.8. The third-order valence-electron chi connectivity index (χ3n) is 2.44. The Kier molecular flexibility index (Phi) is 3.69. The van der Waals surface area contributed by atoms with E-state index in [1.54, 1.807) is 18.4 Å². The number of para-hydroxylation sites is 1. The number of rotatable bonds is 4. The molecule has 0 aliphatic carbocycles. The van der Waals surface area contributed by atoms with Crippen molar-refractivity contribution in [3.63, 3.8) is 0 Å². The van der Waals surface area contributed by atoms with Crippen LogP contribution in [0.15, 0.2) is 41.0 Å². The molecule has 1 N–H and O–H groups in total. The highest BCUT2D eigenvalue weighted by molar-refractivity contribution is 6.33. The van der Waals surface area contributed by atoms with Crippen LogP contribution in [0.2, 0.25) is 5.02 Å². The topological polar surface area (TPSA) is 25.2 Å². The molecule has 4 heteroatoms. The van der Waals surface area contributed by atoms with Crippen LogP contribution in [0.3, 0.4) is 0 Å². The van der Waals surface area contributed by atoms with Gasteiger partial charge in [0.25, 0.3) is 0 Å². The molecule has 0 amide bonds. The first-order valence-corrected chi connectivity index (χ1v) is 5.77. The van der Waals surface area contributed by atoms with Gasteiger partial charge in [0.1, 0.15) is 11.6 Å². The number of nitrogens with one attached hydrogen (secondary N) is 1. The zero-order chi connectivity index (χ0) is 12.3. The maximum absolute atomic E-state index is 13.5. The van der Waals surface area contributed by atoms with Crippen molar-refractivity contribution in [3.05, 3.63) is 53.2 Å². The van der Waals surface area contributed by atoms with Crippen LogP contribution in [0.4, 0.5) is 10.1 Å². The molecule has 1 unspecified atom stereocenters. The summed E-state index contributed by atoms with van der Waals surface area (Å²) in [5.41, 5.74) is 0.341. The Bertz CT molecular complexity index is 464. The number of benzene rings is 1. The van der Waals surface area contributed by atoms with E-state index >= 15 is 0 Å². The predicted molar refractivity (Wildman–Crippen MR) is 66.9 cm³/mol. The number of hydrogen-bond acceptors (Lipinski definition) is 2. The molecule has 90 valence electrons. The van der Waals surface area contributed by atoms with E-state index in [4.69, 9.17) is 16.0 Å². The van der Waals surface area contributed by atoms with E-state index in [0.717, 1.165) is 5.76 Å². The van der Waals surface area contributed by atoms with Crippen molar-refractivity contribution in [2.75, 3.05) is 5.32 Å². The zero-order valence-electron chi connectivity index (χ0n) is 9.41. The third-order valence-corrected chi connectivity index (χ3v) is 2.76. The molecule has 2 rings (SSSR count). The minimum atomic E-state index is -0.344. The van der Waals surface area contributed by atoms with Crippen molar-refractivity contribution < 1.29 is 8.81 Å². The highest BCUT2D eigenvalue weighted by Gasteiger charge is 2.11. The largest absolute Gasteiger partial charge is 0.469 e. The fourth-order valence-electron chi connectivity index (χ4n) is 1.66. The fraction of sp³-hybridized carbons (Fsp3) is 0.231. The Morgan fingerprint density at radius 3 is 2.82 bits per heavy atom. The molecule has 1 aromatic heterocycles. The van der Waals surface area contributed by atoms with Crippen molar-refractivity contribution in [1.29, 1.82) is 0 Å². The average molecular weight is 254 g/mol. The van der Waals surface area contributed by atoms with Crippen LogP contribution in [0.1, 0.15) is 12.7 Å². The van der Waals surface area contributed by atoms with Gasteiger partial charge in [0.15, 0.2) is 0 Å². The van der Waals surface area contributed by atoms with E-state index in [-0.39, 0.29) is 11.9 Å². The second-order valence-corrected chi connectivity index (χ2v) is 4.33. The standard InChI is InChI=1S/C13H13ClFNO/c1-9(8-10-4-3-7-17-10)16-13-11(14)5-2-6-12(13)15/h2-7,9,16H,8H2,1H3. The van der Waals surface area contributed by atoms with Gasteiger partial charge in [0, 0.05) is 12.5 Å². The molecule has 1 heterocycles. The van der Waals surface area contributed by atoms with Gasteiger partial charge >= 0.3 is 0 Å². The molecule has 0 radical (unpaired) electrons. The lowest BCUT2D eigenvalue weighted by atomic mass is 10.2. The molecule has 0 spiro atoms. The summed E-state index contributed by atoms with van der Waals surface area (Å²) in [7, 11) is 0. The maximum atomic E-state index is 13.5. The van der Waals surface area contributed by atoms with Crippen LogP contribution < -0.4 is 5.32 Å². The highest BCUT2D eigenvalue weighted by atomic mass is 35.5. The van der Waals surface area contributed by atoms with Gasteiger partial charge in [-0.25, -0.2) is 4.39 Å². The molecule has 1 aromatic carbocycles. The van der Waals surface area contributed by atoms with Crippen LogP contribution in [-0.4, -0.2) is 6.04 Å². The number of halogens is 2. The summed E-state index contributed by atoms with van der Waals surface area (Å²) in [6, 6.07) is 8.38. The monoisotopic (exact) mass is 253 g/mol. The lowest BCUT2D eigenvalue weighted by Crippen LogP contribution is -2.18. The molecule has 0 aliphatic heterocycles. The van der Waals surface area contributed by atoms with Crippen molar-refractivity contribution >= 4 is 17.3 Å². The number of hydrogen-bond donors (Lipinski definition) is 1. The summed E-state index contributed by atoms with van der Waals surface area (Å²) in [4.78, 5) is 0. The zero-order valence-corrected chi connectivity index (χ0v) is 10.2. The molecule has 0 bridgehead atoms. The van der Waals surface area contributed by atoms with Gasteiger partial charge in [0.2, 0.25) is 0 Å². The van der Waals surface area contributed by atoms with Crippen LogP contribution >= 0.6 is 11.6 Å². The quantitative estimate of drug-likeness (QED) is 0.887. The van der Waals surface area contributed by atoms with E-state index in [0.29, 0.717) is 17.1 Å². The van der Waals surface area contributed by atoms with Crippen molar-refractivity contribution in [1.82, 2.24) is 0 Å². The maximum Gasteiger partial charge on any atom is 0.147 e. The Hall–Kier alpha value is -1.48. The lowest BCUT2D eigenvalue weighted by molar-refractivity contribution is 0.497. The molecule has 0 saturated heterocycles. The van der Waals surface area contributed by atoms with E-state index in [2.05, 4.69) is 5.32 Å². The van der Waals surface area contributed by atoms with Gasteiger partial charge < -0.3 is 9.73 Å². The fourth-order valence-corrected chi connectivity index (χ4v) is 1.88. The first-order valence-electron chi connectivity index (χ1n) is 5.39. The average Bonchev–Trinajstić information content (AvgIpc) is 2.76. The van der Waals surface area contributed by atoms with Crippen molar-refractivity contribution in [3.8, 4) is 0 Å². The Labute approximate surface area is 104 Å². The second-order valence-electron chi connectivity index (χ2n) is 3.93. The van der Waals surface area contributed by atoms with E-state index < -0.39 is 0 Å². The third kappa shape index (κ3) is 3.01. The molecular formula is C13H13ClFNO. The summed E-state index contributed by atoms with van der Waals surface area (Å²) in [6.07, 6.45) is 2.30. The van der Waals surface area contributed by atoms with E-state index in [1.165, 1.54) is 6.07 Å². The normalized spacial score (nSPS) is 12.4. The van der Waals surface area contributed by atoms with Gasteiger partial charge in [-0.2, -0.15) is 0 Å². The Morgan fingerprint density at radius 2 is 2.18 bits per heavy atom. The van der Waals surface area contributed by atoms with Gasteiger partial charge in [-0.15, -0.1) is 0 Å². The molecule has 2 aromatic rings. The molecule has 17 heavy (non-hydrogen) atoms. The molecular weight excluding hydrogens is 241 g/mol. The SMILES string of the molecule is CC(Cc1ccco1)Nc1c(F)cccc1Cl. The Morgan fingerprint density at radius 1 is 1.35 bits per heavy atom.